The number of aromatic nitrogens is 2. The van der Waals surface area contributed by atoms with E-state index in [0.29, 0.717) is 11.4 Å². The third-order valence-corrected chi connectivity index (χ3v) is 4.21. The van der Waals surface area contributed by atoms with E-state index in [1.54, 1.807) is 6.07 Å². The average molecular weight is 330 g/mol. The Kier molecular flexibility index (Phi) is 4.42. The van der Waals surface area contributed by atoms with Gasteiger partial charge in [-0.1, -0.05) is 42.1 Å². The standard InChI is InChI=1S/C15H14N4O3S/c20-13-9-23-15(22)19(13)7-6-16-14(21)12-8-11(17-18-12)10-4-2-1-3-5-10/h1-5,8H,6-7,9H2,(H,16,21)(H,17,18). The highest BCUT2D eigenvalue weighted by Gasteiger charge is 2.29. The molecule has 23 heavy (non-hydrogen) atoms. The number of hydrogen-bond acceptors (Lipinski definition) is 5. The van der Waals surface area contributed by atoms with E-state index < -0.39 is 0 Å². The first kappa shape index (κ1) is 15.3. The van der Waals surface area contributed by atoms with Crippen molar-refractivity contribution in [2.45, 2.75) is 0 Å². The van der Waals surface area contributed by atoms with Crippen molar-refractivity contribution in [1.82, 2.24) is 20.4 Å². The van der Waals surface area contributed by atoms with E-state index in [9.17, 15) is 14.4 Å². The molecule has 1 fully saturated rings. The van der Waals surface area contributed by atoms with Crippen molar-refractivity contribution >= 4 is 28.8 Å². The molecule has 3 rings (SSSR count). The Morgan fingerprint density at radius 3 is 2.78 bits per heavy atom. The summed E-state index contributed by atoms with van der Waals surface area (Å²) < 4.78 is 0. The van der Waals surface area contributed by atoms with Crippen LogP contribution >= 0.6 is 11.8 Å². The number of nitrogens with zero attached hydrogens (tertiary/aromatic N) is 2. The third kappa shape index (κ3) is 3.42. The number of rotatable bonds is 5. The molecule has 0 atom stereocenters. The maximum atomic E-state index is 12.1. The number of carbonyl (C=O) groups excluding carboxylic acids is 3. The minimum absolute atomic E-state index is 0.174. The second-order valence-corrected chi connectivity index (χ2v) is 5.82. The highest BCUT2D eigenvalue weighted by molar-refractivity contribution is 8.14. The molecule has 8 heteroatoms. The molecule has 3 amide bonds. The molecule has 7 nitrogen and oxygen atoms in total. The second kappa shape index (κ2) is 6.66. The van der Waals surface area contributed by atoms with Gasteiger partial charge < -0.3 is 5.32 Å². The molecule has 0 saturated carbocycles. The van der Waals surface area contributed by atoms with Crippen LogP contribution in [0.25, 0.3) is 11.3 Å². The molecule has 1 aliphatic heterocycles. The van der Waals surface area contributed by atoms with Crippen molar-refractivity contribution in [2.24, 2.45) is 0 Å². The summed E-state index contributed by atoms with van der Waals surface area (Å²) >= 11 is 0.978. The molecule has 2 N–H and O–H groups in total. The Labute approximate surface area is 136 Å². The van der Waals surface area contributed by atoms with Gasteiger partial charge in [0.1, 0.15) is 5.69 Å². The van der Waals surface area contributed by atoms with Crippen molar-refractivity contribution in [3.05, 3.63) is 42.1 Å². The van der Waals surface area contributed by atoms with Crippen LogP contribution in [0.1, 0.15) is 10.5 Å². The van der Waals surface area contributed by atoms with Crippen LogP contribution in [0.3, 0.4) is 0 Å². The highest BCUT2D eigenvalue weighted by atomic mass is 32.2. The molecule has 0 aliphatic carbocycles. The highest BCUT2D eigenvalue weighted by Crippen LogP contribution is 2.18. The van der Waals surface area contributed by atoms with Crippen LogP contribution in [-0.2, 0) is 4.79 Å². The second-order valence-electron chi connectivity index (χ2n) is 4.89. The van der Waals surface area contributed by atoms with Gasteiger partial charge in [0.25, 0.3) is 11.1 Å². The Bertz CT molecular complexity index is 728. The molecule has 0 spiro atoms. The summed E-state index contributed by atoms with van der Waals surface area (Å²) in [5.41, 5.74) is 1.92. The van der Waals surface area contributed by atoms with Gasteiger partial charge in [0.15, 0.2) is 0 Å². The molecule has 1 saturated heterocycles. The normalized spacial score (nSPS) is 14.3. The van der Waals surface area contributed by atoms with Crippen LogP contribution in [0, 0.1) is 0 Å². The zero-order valence-corrected chi connectivity index (χ0v) is 12.9. The van der Waals surface area contributed by atoms with Crippen LogP contribution in [0.4, 0.5) is 4.79 Å². The summed E-state index contributed by atoms with van der Waals surface area (Å²) in [5.74, 6) is -0.373. The fourth-order valence-electron chi connectivity index (χ4n) is 2.17. The molecule has 2 aromatic rings. The van der Waals surface area contributed by atoms with Gasteiger partial charge in [-0.25, -0.2) is 0 Å². The van der Waals surface area contributed by atoms with Crippen LogP contribution in [0.15, 0.2) is 36.4 Å². The molecule has 0 bridgehead atoms. The van der Waals surface area contributed by atoms with Crippen LogP contribution < -0.4 is 5.32 Å². The summed E-state index contributed by atoms with van der Waals surface area (Å²) in [7, 11) is 0. The minimum atomic E-state index is -0.327. The van der Waals surface area contributed by atoms with Gasteiger partial charge >= 0.3 is 0 Å². The summed E-state index contributed by atoms with van der Waals surface area (Å²) in [4.78, 5) is 36.1. The first-order chi connectivity index (χ1) is 11.1. The van der Waals surface area contributed by atoms with Gasteiger partial charge in [0.2, 0.25) is 5.91 Å². The van der Waals surface area contributed by atoms with E-state index in [2.05, 4.69) is 15.5 Å². The minimum Gasteiger partial charge on any atom is -0.349 e. The molecule has 118 valence electrons. The van der Waals surface area contributed by atoms with E-state index in [4.69, 9.17) is 0 Å². The van der Waals surface area contributed by atoms with Gasteiger partial charge in [-0.3, -0.25) is 24.4 Å². The van der Waals surface area contributed by atoms with Gasteiger partial charge in [-0.15, -0.1) is 0 Å². The SMILES string of the molecule is O=C(NCCN1C(=O)CSC1=O)c1cc(-c2ccccc2)n[nH]1. The van der Waals surface area contributed by atoms with Crippen molar-refractivity contribution in [2.75, 3.05) is 18.8 Å². The first-order valence-corrected chi connectivity index (χ1v) is 8.00. The third-order valence-electron chi connectivity index (χ3n) is 3.35. The van der Waals surface area contributed by atoms with Gasteiger partial charge in [-0.05, 0) is 6.07 Å². The maximum absolute atomic E-state index is 12.1. The van der Waals surface area contributed by atoms with Gasteiger partial charge in [0, 0.05) is 18.7 Å². The van der Waals surface area contributed by atoms with E-state index in [1.165, 1.54) is 0 Å². The van der Waals surface area contributed by atoms with Crippen molar-refractivity contribution < 1.29 is 14.4 Å². The van der Waals surface area contributed by atoms with E-state index in [1.807, 2.05) is 30.3 Å². The summed E-state index contributed by atoms with van der Waals surface area (Å²) in [6.07, 6.45) is 0. The van der Waals surface area contributed by atoms with Gasteiger partial charge in [0.05, 0.1) is 11.4 Å². The number of carbonyl (C=O) groups is 3. The molecule has 1 aromatic heterocycles. The van der Waals surface area contributed by atoms with E-state index in [-0.39, 0.29) is 35.9 Å². The molecule has 2 heterocycles. The molecule has 1 aliphatic rings. The summed E-state index contributed by atoms with van der Waals surface area (Å²) in [6, 6.07) is 11.2. The van der Waals surface area contributed by atoms with Crippen molar-refractivity contribution in [3.8, 4) is 11.3 Å². The summed E-state index contributed by atoms with van der Waals surface area (Å²) in [5, 5.41) is 9.20. The number of nitrogens with one attached hydrogen (secondary N) is 2. The predicted molar refractivity (Wildman–Crippen MR) is 85.9 cm³/mol. The smallest absolute Gasteiger partial charge is 0.288 e. The lowest BCUT2D eigenvalue weighted by Gasteiger charge is -2.12. The number of thioether (sulfide) groups is 1. The van der Waals surface area contributed by atoms with E-state index in [0.717, 1.165) is 22.2 Å². The zero-order chi connectivity index (χ0) is 16.2. The number of benzene rings is 1. The lowest BCUT2D eigenvalue weighted by molar-refractivity contribution is -0.124. The lowest BCUT2D eigenvalue weighted by atomic mass is 10.1. The van der Waals surface area contributed by atoms with Crippen LogP contribution in [0.2, 0.25) is 0 Å². The molecule has 0 radical (unpaired) electrons. The molecule has 1 aromatic carbocycles. The fourth-order valence-corrected chi connectivity index (χ4v) is 2.92. The molecular formula is C15H14N4O3S. The lowest BCUT2D eigenvalue weighted by Crippen LogP contribution is -2.37. The largest absolute Gasteiger partial charge is 0.349 e. The predicted octanol–water partition coefficient (Wildman–Crippen LogP) is 1.50. The number of imide groups is 1. The molecular weight excluding hydrogens is 316 g/mol. The average Bonchev–Trinajstić information content (AvgIpc) is 3.18. The quantitative estimate of drug-likeness (QED) is 0.866. The summed E-state index contributed by atoms with van der Waals surface area (Å²) in [6.45, 7) is 0.382. The first-order valence-electron chi connectivity index (χ1n) is 7.01. The number of H-pyrrole nitrogens is 1. The van der Waals surface area contributed by atoms with Crippen molar-refractivity contribution in [3.63, 3.8) is 0 Å². The fraction of sp³-hybridized carbons (Fsp3) is 0.200. The van der Waals surface area contributed by atoms with Crippen molar-refractivity contribution in [1.29, 1.82) is 0 Å². The Hall–Kier alpha value is -2.61. The number of aromatic amines is 1. The Morgan fingerprint density at radius 2 is 2.09 bits per heavy atom. The van der Waals surface area contributed by atoms with E-state index >= 15 is 0 Å². The number of amides is 3. The number of hydrogen-bond donors (Lipinski definition) is 2. The van der Waals surface area contributed by atoms with Gasteiger partial charge in [-0.2, -0.15) is 5.10 Å². The Morgan fingerprint density at radius 1 is 1.30 bits per heavy atom. The monoisotopic (exact) mass is 330 g/mol. The van der Waals surface area contributed by atoms with Crippen LogP contribution in [-0.4, -0.2) is 51.0 Å². The van der Waals surface area contributed by atoms with Crippen LogP contribution in [0.5, 0.6) is 0 Å². The zero-order valence-electron chi connectivity index (χ0n) is 12.1. The topological polar surface area (TPSA) is 95.2 Å². The molecule has 0 unspecified atom stereocenters. The Balaban J connectivity index is 1.56. The maximum Gasteiger partial charge on any atom is 0.288 e.